The van der Waals surface area contributed by atoms with Gasteiger partial charge in [-0.05, 0) is 49.0 Å². The molecule has 3 aliphatic rings. The number of hydrogen-bond acceptors (Lipinski definition) is 7. The summed E-state index contributed by atoms with van der Waals surface area (Å²) in [4.78, 5) is 17.5. The van der Waals surface area contributed by atoms with Gasteiger partial charge in [0.1, 0.15) is 12.4 Å². The number of morpholine rings is 1. The Kier molecular flexibility index (Phi) is 5.93. The van der Waals surface area contributed by atoms with E-state index in [0.717, 1.165) is 58.8 Å². The zero-order valence-electron chi connectivity index (χ0n) is 17.0. The quantitative estimate of drug-likeness (QED) is 0.715. The van der Waals surface area contributed by atoms with Crippen molar-refractivity contribution < 1.29 is 14.3 Å². The van der Waals surface area contributed by atoms with Crippen LogP contribution in [0, 0.1) is 18.3 Å². The Hall–Kier alpha value is -1.58. The van der Waals surface area contributed by atoms with Gasteiger partial charge < -0.3 is 14.4 Å². The number of tetrazole rings is 1. The van der Waals surface area contributed by atoms with Crippen LogP contribution in [-0.2, 0) is 20.8 Å². The van der Waals surface area contributed by atoms with Crippen LogP contribution in [0.2, 0.25) is 0 Å². The summed E-state index contributed by atoms with van der Waals surface area (Å²) < 4.78 is 12.8. The highest BCUT2D eigenvalue weighted by atomic mass is 16.5. The van der Waals surface area contributed by atoms with Crippen molar-refractivity contribution in [3.05, 3.63) is 5.82 Å². The van der Waals surface area contributed by atoms with Crippen LogP contribution < -0.4 is 0 Å². The van der Waals surface area contributed by atoms with E-state index in [9.17, 15) is 4.79 Å². The molecule has 0 aromatic carbocycles. The normalized spacial score (nSPS) is 31.6. The molecule has 2 aliphatic heterocycles. The summed E-state index contributed by atoms with van der Waals surface area (Å²) in [7, 11) is 1.78. The van der Waals surface area contributed by atoms with Gasteiger partial charge in [0, 0.05) is 44.7 Å². The summed E-state index contributed by atoms with van der Waals surface area (Å²) in [5.74, 6) is 1.37. The lowest BCUT2D eigenvalue weighted by Crippen LogP contribution is -2.58. The third-order valence-electron chi connectivity index (χ3n) is 6.99. The second kappa shape index (κ2) is 8.42. The van der Waals surface area contributed by atoms with Gasteiger partial charge in [-0.2, -0.15) is 0 Å². The third kappa shape index (κ3) is 3.92. The highest BCUT2D eigenvalue weighted by molar-refractivity contribution is 5.76. The molecule has 2 saturated heterocycles. The largest absolute Gasteiger partial charge is 0.384 e. The number of fused-ring (bicyclic) bond motifs is 1. The number of hydrogen-bond donors (Lipinski definition) is 0. The lowest BCUT2D eigenvalue weighted by Gasteiger charge is -2.54. The molecule has 4 rings (SSSR count). The molecular weight excluding hydrogens is 360 g/mol. The first-order chi connectivity index (χ1) is 13.6. The van der Waals surface area contributed by atoms with Gasteiger partial charge in [-0.15, -0.1) is 5.10 Å². The van der Waals surface area contributed by atoms with Crippen molar-refractivity contribution >= 4 is 5.91 Å². The predicted octanol–water partition coefficient (Wildman–Crippen LogP) is 0.348. The predicted molar refractivity (Wildman–Crippen MR) is 102 cm³/mol. The number of ether oxygens (including phenoxy) is 2. The summed E-state index contributed by atoms with van der Waals surface area (Å²) in [5.41, 5.74) is 0.0705. The van der Waals surface area contributed by atoms with Gasteiger partial charge in [-0.3, -0.25) is 9.69 Å². The van der Waals surface area contributed by atoms with Crippen LogP contribution >= 0.6 is 0 Å². The fourth-order valence-electron chi connectivity index (χ4n) is 5.39. The molecule has 0 spiro atoms. The number of aryl methyl sites for hydroxylation is 1. The minimum atomic E-state index is 0.0705. The second-order valence-electron chi connectivity index (χ2n) is 8.56. The van der Waals surface area contributed by atoms with E-state index in [2.05, 4.69) is 20.4 Å². The first-order valence-electron chi connectivity index (χ1n) is 10.4. The molecule has 1 amide bonds. The zero-order chi connectivity index (χ0) is 19.6. The molecule has 9 heteroatoms. The summed E-state index contributed by atoms with van der Waals surface area (Å²) >= 11 is 0. The highest BCUT2D eigenvalue weighted by Crippen LogP contribution is 2.47. The Labute approximate surface area is 166 Å². The van der Waals surface area contributed by atoms with E-state index in [1.165, 1.54) is 12.8 Å². The summed E-state index contributed by atoms with van der Waals surface area (Å²) in [6, 6.07) is 0.644. The Morgan fingerprint density at radius 1 is 1.29 bits per heavy atom. The monoisotopic (exact) mass is 392 g/mol. The number of piperidine rings is 1. The van der Waals surface area contributed by atoms with Crippen LogP contribution in [0.1, 0.15) is 31.5 Å². The minimum Gasteiger partial charge on any atom is -0.384 e. The SMILES string of the molecule is COC[C@]12CC[C@H](N3CCOCC3)C[C@@H]1CCN(C(=O)Cn1nnnc1C)C2. The van der Waals surface area contributed by atoms with Gasteiger partial charge in [0.05, 0.1) is 19.8 Å². The van der Waals surface area contributed by atoms with Crippen LogP contribution in [0.3, 0.4) is 0 Å². The fourth-order valence-corrected chi connectivity index (χ4v) is 5.39. The lowest BCUT2D eigenvalue weighted by atomic mass is 9.62. The Morgan fingerprint density at radius 3 is 2.82 bits per heavy atom. The Bertz CT molecular complexity index is 676. The number of likely N-dealkylation sites (tertiary alicyclic amines) is 1. The minimum absolute atomic E-state index is 0.0705. The van der Waals surface area contributed by atoms with Gasteiger partial charge in [-0.25, -0.2) is 4.68 Å². The number of nitrogens with zero attached hydrogens (tertiary/aromatic N) is 6. The molecule has 3 fully saturated rings. The summed E-state index contributed by atoms with van der Waals surface area (Å²) in [6.07, 6.45) is 4.54. The van der Waals surface area contributed by atoms with Crippen molar-refractivity contribution in [3.8, 4) is 0 Å². The van der Waals surface area contributed by atoms with Gasteiger partial charge in [0.25, 0.3) is 0 Å². The van der Waals surface area contributed by atoms with E-state index in [1.54, 1.807) is 11.8 Å². The number of amides is 1. The molecule has 3 heterocycles. The Morgan fingerprint density at radius 2 is 2.11 bits per heavy atom. The first kappa shape index (κ1) is 19.7. The van der Waals surface area contributed by atoms with Crippen LogP contribution in [0.25, 0.3) is 0 Å². The molecule has 1 saturated carbocycles. The smallest absolute Gasteiger partial charge is 0.244 e. The topological polar surface area (TPSA) is 85.6 Å². The van der Waals surface area contributed by atoms with E-state index in [1.807, 2.05) is 11.8 Å². The van der Waals surface area contributed by atoms with Crippen molar-refractivity contribution in [2.24, 2.45) is 11.3 Å². The Balaban J connectivity index is 1.42. The number of carbonyl (C=O) groups excluding carboxylic acids is 1. The molecule has 9 nitrogen and oxygen atoms in total. The lowest BCUT2D eigenvalue weighted by molar-refractivity contribution is -0.143. The van der Waals surface area contributed by atoms with Gasteiger partial charge in [-0.1, -0.05) is 0 Å². The molecule has 1 aromatic rings. The fraction of sp³-hybridized carbons (Fsp3) is 0.895. The van der Waals surface area contributed by atoms with Crippen LogP contribution in [0.4, 0.5) is 0 Å². The third-order valence-corrected chi connectivity index (χ3v) is 6.99. The molecule has 1 aromatic heterocycles. The van der Waals surface area contributed by atoms with Gasteiger partial charge in [0.15, 0.2) is 0 Å². The van der Waals surface area contributed by atoms with Gasteiger partial charge in [0.2, 0.25) is 5.91 Å². The van der Waals surface area contributed by atoms with Crippen molar-refractivity contribution in [1.82, 2.24) is 30.0 Å². The molecule has 3 atom stereocenters. The summed E-state index contributed by atoms with van der Waals surface area (Å²) in [6.45, 7) is 8.14. The average molecular weight is 393 g/mol. The number of carbonyl (C=O) groups is 1. The maximum atomic E-state index is 12.9. The molecule has 28 heavy (non-hydrogen) atoms. The average Bonchev–Trinajstić information content (AvgIpc) is 3.12. The second-order valence-corrected chi connectivity index (χ2v) is 8.56. The number of methoxy groups -OCH3 is 1. The maximum Gasteiger partial charge on any atom is 0.244 e. The molecule has 0 bridgehead atoms. The van der Waals surface area contributed by atoms with E-state index in [0.29, 0.717) is 17.8 Å². The van der Waals surface area contributed by atoms with Crippen molar-refractivity contribution in [1.29, 1.82) is 0 Å². The van der Waals surface area contributed by atoms with Crippen LogP contribution in [0.5, 0.6) is 0 Å². The van der Waals surface area contributed by atoms with Crippen molar-refractivity contribution in [2.45, 2.75) is 45.2 Å². The van der Waals surface area contributed by atoms with E-state index in [4.69, 9.17) is 9.47 Å². The highest BCUT2D eigenvalue weighted by Gasteiger charge is 2.48. The molecule has 0 unspecified atom stereocenters. The molecule has 156 valence electrons. The molecular formula is C19H32N6O3. The van der Waals surface area contributed by atoms with Crippen molar-refractivity contribution in [2.75, 3.05) is 53.1 Å². The van der Waals surface area contributed by atoms with E-state index in [-0.39, 0.29) is 17.9 Å². The first-order valence-corrected chi connectivity index (χ1v) is 10.4. The van der Waals surface area contributed by atoms with E-state index < -0.39 is 0 Å². The van der Waals surface area contributed by atoms with Crippen molar-refractivity contribution in [3.63, 3.8) is 0 Å². The maximum absolute atomic E-state index is 12.9. The molecule has 0 N–H and O–H groups in total. The standard InChI is InChI=1S/C19H32N6O3/c1-15-20-21-22-25(15)12-18(26)24-6-4-16-11-17(23-7-9-28-10-8-23)3-5-19(16,13-24)14-27-2/h16-17H,3-14H2,1-2H3/t16-,17-,19+/m0/s1. The summed E-state index contributed by atoms with van der Waals surface area (Å²) in [5, 5.41) is 11.4. The van der Waals surface area contributed by atoms with Crippen LogP contribution in [0.15, 0.2) is 0 Å². The molecule has 0 radical (unpaired) electrons. The zero-order valence-corrected chi connectivity index (χ0v) is 17.0. The van der Waals surface area contributed by atoms with E-state index >= 15 is 0 Å². The number of aromatic nitrogens is 4. The van der Waals surface area contributed by atoms with Gasteiger partial charge >= 0.3 is 0 Å². The molecule has 1 aliphatic carbocycles. The number of rotatable bonds is 5. The van der Waals surface area contributed by atoms with Crippen LogP contribution in [-0.4, -0.2) is 95.1 Å².